The third-order valence-electron chi connectivity index (χ3n) is 2.11. The zero-order chi connectivity index (χ0) is 11.4. The van der Waals surface area contributed by atoms with Gasteiger partial charge < -0.3 is 10.1 Å². The molecule has 0 saturated heterocycles. The fraction of sp³-hybridized carbons (Fsp3) is 0.0833. The summed E-state index contributed by atoms with van der Waals surface area (Å²) in [5, 5.41) is 3.67. The van der Waals surface area contributed by atoms with Crippen LogP contribution in [0.1, 0.15) is 0 Å². The molecule has 3 nitrogen and oxygen atoms in total. The number of rotatable bonds is 3. The zero-order valence-corrected chi connectivity index (χ0v) is 9.53. The summed E-state index contributed by atoms with van der Waals surface area (Å²) in [4.78, 5) is 3.92. The summed E-state index contributed by atoms with van der Waals surface area (Å²) in [6.07, 6.45) is 1.65. The average molecular weight is 235 g/mol. The summed E-state index contributed by atoms with van der Waals surface area (Å²) in [5.74, 6) is 0.787. The molecule has 1 N–H and O–H groups in total. The smallest absolute Gasteiger partial charge is 0.142 e. The van der Waals surface area contributed by atoms with Crippen molar-refractivity contribution in [2.75, 3.05) is 12.4 Å². The Bertz CT molecular complexity index is 488. The minimum Gasteiger partial charge on any atom is -0.495 e. The van der Waals surface area contributed by atoms with Crippen LogP contribution in [0.4, 0.5) is 11.4 Å². The fourth-order valence-corrected chi connectivity index (χ4v) is 1.56. The van der Waals surface area contributed by atoms with Crippen molar-refractivity contribution in [2.24, 2.45) is 0 Å². The highest BCUT2D eigenvalue weighted by Gasteiger charge is 2.01. The molecule has 16 heavy (non-hydrogen) atoms. The molecular weight excluding hydrogens is 224 g/mol. The molecule has 0 aliphatic carbocycles. The number of ether oxygens (including phenoxy) is 1. The highest BCUT2D eigenvalue weighted by Crippen LogP contribution is 2.27. The van der Waals surface area contributed by atoms with Gasteiger partial charge in [0.25, 0.3) is 0 Å². The molecule has 0 spiro atoms. The minimum absolute atomic E-state index is 0.458. The number of hydrogen-bond donors (Lipinski definition) is 1. The van der Waals surface area contributed by atoms with E-state index in [-0.39, 0.29) is 0 Å². The summed E-state index contributed by atoms with van der Waals surface area (Å²) in [6, 6.07) is 11.3. The van der Waals surface area contributed by atoms with Crippen molar-refractivity contribution in [1.82, 2.24) is 4.98 Å². The van der Waals surface area contributed by atoms with Crippen LogP contribution in [0.15, 0.2) is 42.6 Å². The van der Waals surface area contributed by atoms with Gasteiger partial charge in [-0.3, -0.25) is 0 Å². The molecule has 0 saturated carbocycles. The first-order chi connectivity index (χ1) is 7.79. The van der Waals surface area contributed by atoms with Gasteiger partial charge in [0.1, 0.15) is 10.9 Å². The number of benzene rings is 1. The molecule has 1 aromatic heterocycles. The lowest BCUT2D eigenvalue weighted by atomic mass is 10.3. The number of aromatic nitrogens is 1. The number of methoxy groups -OCH3 is 1. The molecule has 4 heteroatoms. The van der Waals surface area contributed by atoms with Crippen LogP contribution in [-0.4, -0.2) is 12.1 Å². The summed E-state index contributed by atoms with van der Waals surface area (Å²) < 4.78 is 5.24. The largest absolute Gasteiger partial charge is 0.495 e. The summed E-state index contributed by atoms with van der Waals surface area (Å²) >= 11 is 5.80. The molecule has 0 bridgehead atoms. The molecule has 2 rings (SSSR count). The summed E-state index contributed by atoms with van der Waals surface area (Å²) in [6.45, 7) is 0. The van der Waals surface area contributed by atoms with Crippen molar-refractivity contribution in [2.45, 2.75) is 0 Å². The number of nitrogens with zero attached hydrogens (tertiary/aromatic N) is 1. The SMILES string of the molecule is COc1ccccc1Nc1ccnc(Cl)c1. The lowest BCUT2D eigenvalue weighted by Crippen LogP contribution is -1.94. The van der Waals surface area contributed by atoms with E-state index in [1.165, 1.54) is 0 Å². The second-order valence-electron chi connectivity index (χ2n) is 3.19. The lowest BCUT2D eigenvalue weighted by Gasteiger charge is -2.10. The van der Waals surface area contributed by atoms with Crippen molar-refractivity contribution < 1.29 is 4.74 Å². The van der Waals surface area contributed by atoms with Crippen molar-refractivity contribution in [1.29, 1.82) is 0 Å². The van der Waals surface area contributed by atoms with Gasteiger partial charge in [0, 0.05) is 11.9 Å². The van der Waals surface area contributed by atoms with Crippen LogP contribution >= 0.6 is 11.6 Å². The average Bonchev–Trinajstić information content (AvgIpc) is 2.30. The molecule has 2 aromatic rings. The normalized spacial score (nSPS) is 9.88. The Hall–Kier alpha value is -1.74. The van der Waals surface area contributed by atoms with E-state index in [9.17, 15) is 0 Å². The lowest BCUT2D eigenvalue weighted by molar-refractivity contribution is 0.417. The van der Waals surface area contributed by atoms with Gasteiger partial charge in [-0.1, -0.05) is 23.7 Å². The van der Waals surface area contributed by atoms with Crippen LogP contribution in [0, 0.1) is 0 Å². The highest BCUT2D eigenvalue weighted by atomic mass is 35.5. The minimum atomic E-state index is 0.458. The van der Waals surface area contributed by atoms with Gasteiger partial charge in [-0.05, 0) is 24.3 Å². The number of para-hydroxylation sites is 2. The Morgan fingerprint density at radius 2 is 2.06 bits per heavy atom. The van der Waals surface area contributed by atoms with E-state index in [1.54, 1.807) is 19.4 Å². The zero-order valence-electron chi connectivity index (χ0n) is 8.77. The van der Waals surface area contributed by atoms with E-state index >= 15 is 0 Å². The van der Waals surface area contributed by atoms with Gasteiger partial charge in [-0.15, -0.1) is 0 Å². The van der Waals surface area contributed by atoms with E-state index in [2.05, 4.69) is 10.3 Å². The van der Waals surface area contributed by atoms with Gasteiger partial charge in [-0.2, -0.15) is 0 Å². The molecule has 82 valence electrons. The molecule has 0 aliphatic heterocycles. The quantitative estimate of drug-likeness (QED) is 0.826. The van der Waals surface area contributed by atoms with Gasteiger partial charge in [-0.25, -0.2) is 4.98 Å². The van der Waals surface area contributed by atoms with E-state index in [0.29, 0.717) is 5.15 Å². The van der Waals surface area contributed by atoms with Crippen molar-refractivity contribution >= 4 is 23.0 Å². The predicted molar refractivity (Wildman–Crippen MR) is 65.5 cm³/mol. The van der Waals surface area contributed by atoms with E-state index in [0.717, 1.165) is 17.1 Å². The first kappa shape index (κ1) is 10.8. The molecule has 0 unspecified atom stereocenters. The number of hydrogen-bond acceptors (Lipinski definition) is 3. The molecule has 0 fully saturated rings. The summed E-state index contributed by atoms with van der Waals surface area (Å²) in [5.41, 5.74) is 1.77. The maximum absolute atomic E-state index is 5.80. The molecule has 0 atom stereocenters. The molecule has 1 heterocycles. The van der Waals surface area contributed by atoms with Gasteiger partial charge in [0.2, 0.25) is 0 Å². The second kappa shape index (κ2) is 4.86. The van der Waals surface area contributed by atoms with E-state index < -0.39 is 0 Å². The van der Waals surface area contributed by atoms with Crippen LogP contribution in [-0.2, 0) is 0 Å². The van der Waals surface area contributed by atoms with Crippen molar-refractivity contribution in [3.8, 4) is 5.75 Å². The van der Waals surface area contributed by atoms with Crippen molar-refractivity contribution in [3.63, 3.8) is 0 Å². The highest BCUT2D eigenvalue weighted by molar-refractivity contribution is 6.29. The Kier molecular flexibility index (Phi) is 3.27. The number of halogens is 1. The molecule has 1 aromatic carbocycles. The molecule has 0 amide bonds. The molecule has 0 aliphatic rings. The van der Waals surface area contributed by atoms with Gasteiger partial charge in [0.05, 0.1) is 12.8 Å². The first-order valence-electron chi connectivity index (χ1n) is 4.81. The number of nitrogens with one attached hydrogen (secondary N) is 1. The molecular formula is C12H11ClN2O. The van der Waals surface area contributed by atoms with Crippen LogP contribution in [0.2, 0.25) is 5.15 Å². The Morgan fingerprint density at radius 1 is 1.25 bits per heavy atom. The maximum atomic E-state index is 5.80. The van der Waals surface area contributed by atoms with Crippen molar-refractivity contribution in [3.05, 3.63) is 47.7 Å². The predicted octanol–water partition coefficient (Wildman–Crippen LogP) is 3.49. The Morgan fingerprint density at radius 3 is 2.81 bits per heavy atom. The fourth-order valence-electron chi connectivity index (χ4n) is 1.38. The van der Waals surface area contributed by atoms with Crippen LogP contribution in [0.25, 0.3) is 0 Å². The van der Waals surface area contributed by atoms with Crippen LogP contribution in [0.3, 0.4) is 0 Å². The second-order valence-corrected chi connectivity index (χ2v) is 3.58. The summed E-state index contributed by atoms with van der Waals surface area (Å²) in [7, 11) is 1.64. The third kappa shape index (κ3) is 2.44. The van der Waals surface area contributed by atoms with Gasteiger partial charge >= 0.3 is 0 Å². The van der Waals surface area contributed by atoms with E-state index in [4.69, 9.17) is 16.3 Å². The Labute approximate surface area is 99.0 Å². The third-order valence-corrected chi connectivity index (χ3v) is 2.32. The topological polar surface area (TPSA) is 34.1 Å². The first-order valence-corrected chi connectivity index (χ1v) is 5.19. The van der Waals surface area contributed by atoms with Crippen LogP contribution < -0.4 is 10.1 Å². The van der Waals surface area contributed by atoms with Gasteiger partial charge in [0.15, 0.2) is 0 Å². The Balaban J connectivity index is 2.26. The maximum Gasteiger partial charge on any atom is 0.142 e. The standard InChI is InChI=1S/C12H11ClN2O/c1-16-11-5-3-2-4-10(11)15-9-6-7-14-12(13)8-9/h2-8H,1H3,(H,14,15). The molecule has 0 radical (unpaired) electrons. The monoisotopic (exact) mass is 234 g/mol. The van der Waals surface area contributed by atoms with Crippen LogP contribution in [0.5, 0.6) is 5.75 Å². The number of anilines is 2. The van der Waals surface area contributed by atoms with E-state index in [1.807, 2.05) is 30.3 Å². The number of pyridine rings is 1.